The lowest BCUT2D eigenvalue weighted by Gasteiger charge is -2.53. The van der Waals surface area contributed by atoms with Crippen molar-refractivity contribution in [2.75, 3.05) is 13.2 Å². The van der Waals surface area contributed by atoms with Gasteiger partial charge in [0.05, 0.1) is 146 Å². The lowest BCUT2D eigenvalue weighted by atomic mass is 9.81. The number of rotatable bonds is 9. The average molecular weight is 961 g/mol. The minimum absolute atomic E-state index is 0.0694. The van der Waals surface area contributed by atoms with Crippen LogP contribution in [0.25, 0.3) is 0 Å². The molecular formula is C55H76O14. The second-order valence-electron chi connectivity index (χ2n) is 22.9. The van der Waals surface area contributed by atoms with Crippen molar-refractivity contribution in [1.82, 2.24) is 0 Å². The second kappa shape index (κ2) is 19.6. The lowest BCUT2D eigenvalue weighted by Crippen LogP contribution is -2.62. The molecule has 0 spiro atoms. The van der Waals surface area contributed by atoms with Gasteiger partial charge in [-0.05, 0) is 76.8 Å². The Hall–Kier alpha value is -2.12. The van der Waals surface area contributed by atoms with Gasteiger partial charge in [0.25, 0.3) is 0 Å². The zero-order chi connectivity index (χ0) is 46.9. The van der Waals surface area contributed by atoms with Crippen LogP contribution < -0.4 is 0 Å². The van der Waals surface area contributed by atoms with Crippen molar-refractivity contribution in [3.8, 4) is 0 Å². The second-order valence-corrected chi connectivity index (χ2v) is 22.9. The Balaban J connectivity index is 0.684. The fraction of sp³-hybridized carbons (Fsp3) is 0.782. The summed E-state index contributed by atoms with van der Waals surface area (Å²) in [5, 5.41) is 20.5. The normalized spacial score (nSPS) is 49.2. The van der Waals surface area contributed by atoms with Crippen LogP contribution in [0.1, 0.15) is 122 Å². The summed E-state index contributed by atoms with van der Waals surface area (Å²) >= 11 is 0. The molecule has 12 rings (SSSR count). The van der Waals surface area contributed by atoms with Crippen molar-refractivity contribution in [2.24, 2.45) is 0 Å². The first-order chi connectivity index (χ1) is 33.5. The van der Waals surface area contributed by atoms with Crippen LogP contribution in [-0.4, -0.2) is 156 Å². The van der Waals surface area contributed by atoms with Crippen LogP contribution in [0.5, 0.6) is 0 Å². The number of ether oxygens (including phenoxy) is 12. The van der Waals surface area contributed by atoms with Gasteiger partial charge in [0.15, 0.2) is 0 Å². The van der Waals surface area contributed by atoms with Gasteiger partial charge in [-0.2, -0.15) is 0 Å². The third-order valence-electron chi connectivity index (χ3n) is 18.2. The maximum absolute atomic E-state index is 10.7. The summed E-state index contributed by atoms with van der Waals surface area (Å²) in [4.78, 5) is 0. The molecule has 10 fully saturated rings. The van der Waals surface area contributed by atoms with Crippen LogP contribution in [-0.2, 0) is 70.1 Å². The van der Waals surface area contributed by atoms with Gasteiger partial charge in [0, 0.05) is 51.6 Å². The largest absolute Gasteiger partial charge is 0.394 e. The summed E-state index contributed by atoms with van der Waals surface area (Å²) in [5.41, 5.74) is 0.802. The zero-order valence-corrected chi connectivity index (χ0v) is 40.8. The van der Waals surface area contributed by atoms with Crippen molar-refractivity contribution in [2.45, 2.75) is 257 Å². The third kappa shape index (κ3) is 9.65. The Labute approximate surface area is 407 Å². The molecule has 69 heavy (non-hydrogen) atoms. The summed E-state index contributed by atoms with van der Waals surface area (Å²) < 4.78 is 82.4. The van der Waals surface area contributed by atoms with Gasteiger partial charge in [0.1, 0.15) is 6.10 Å². The molecule has 2 aromatic carbocycles. The maximum Gasteiger partial charge on any atom is 0.107 e. The maximum atomic E-state index is 10.7. The summed E-state index contributed by atoms with van der Waals surface area (Å²) in [6.45, 7) is 8.08. The van der Waals surface area contributed by atoms with Crippen LogP contribution in [0.3, 0.4) is 0 Å². The van der Waals surface area contributed by atoms with E-state index < -0.39 is 29.0 Å². The van der Waals surface area contributed by atoms with E-state index in [1.54, 1.807) is 0 Å². The monoisotopic (exact) mass is 961 g/mol. The quantitative estimate of drug-likeness (QED) is 0.265. The molecule has 14 heteroatoms. The molecule has 0 aliphatic carbocycles. The van der Waals surface area contributed by atoms with Gasteiger partial charge in [-0.1, -0.05) is 60.7 Å². The highest BCUT2D eigenvalue weighted by molar-refractivity contribution is 5.15. The van der Waals surface area contributed by atoms with Gasteiger partial charge in [0.2, 0.25) is 0 Å². The zero-order valence-electron chi connectivity index (χ0n) is 40.8. The summed E-state index contributed by atoms with van der Waals surface area (Å²) in [5.74, 6) is 0. The molecule has 0 radical (unpaired) electrons. The fourth-order valence-electron chi connectivity index (χ4n) is 14.1. The van der Waals surface area contributed by atoms with Crippen molar-refractivity contribution < 1.29 is 67.1 Å². The molecule has 0 aromatic heterocycles. The van der Waals surface area contributed by atoms with Crippen LogP contribution >= 0.6 is 0 Å². The Morgan fingerprint density at radius 1 is 0.478 bits per heavy atom. The van der Waals surface area contributed by atoms with E-state index >= 15 is 0 Å². The Morgan fingerprint density at radius 2 is 0.913 bits per heavy atom. The van der Waals surface area contributed by atoms with E-state index in [0.29, 0.717) is 26.2 Å². The number of hydrogen-bond donors (Lipinski definition) is 2. The predicted octanol–water partition coefficient (Wildman–Crippen LogP) is 6.45. The predicted molar refractivity (Wildman–Crippen MR) is 249 cm³/mol. The van der Waals surface area contributed by atoms with Crippen molar-refractivity contribution in [1.29, 1.82) is 0 Å². The number of hydrogen-bond acceptors (Lipinski definition) is 14. The molecule has 10 aliphatic rings. The van der Waals surface area contributed by atoms with E-state index in [9.17, 15) is 10.2 Å². The Bertz CT molecular complexity index is 2030. The van der Waals surface area contributed by atoms with E-state index in [1.807, 2.05) is 24.3 Å². The molecule has 0 saturated carbocycles. The highest BCUT2D eigenvalue weighted by Gasteiger charge is 2.60. The van der Waals surface area contributed by atoms with Gasteiger partial charge < -0.3 is 67.1 Å². The molecule has 0 amide bonds. The molecule has 14 nitrogen and oxygen atoms in total. The summed E-state index contributed by atoms with van der Waals surface area (Å²) in [6.07, 6.45) is 6.99. The molecular weight excluding hydrogens is 885 g/mol. The SMILES string of the molecule is CC12CC[C@@H]3O[C@@H]4C[C@@H]5O[C@@H]6C[C@H](O)[C@@H](CO)O[C@H]6CC[C@@]5(C)O[C@H]4C[C@H]3O[C@H]1C[C@H]1O[C@H]3CC[C@@]4(C)O[C@H]5C[C@@H](OCc6ccccc6)[C@H](CCOCc6ccccc6)O[C@@H]5C[C@@H]4O[C@@H]3C[C@@H]1O2. The first-order valence-electron chi connectivity index (χ1n) is 26.7. The van der Waals surface area contributed by atoms with E-state index in [1.165, 1.54) is 0 Å². The van der Waals surface area contributed by atoms with Crippen LogP contribution in [0.15, 0.2) is 60.7 Å². The first kappa shape index (κ1) is 47.9. The molecule has 0 bridgehead atoms. The van der Waals surface area contributed by atoms with Crippen LogP contribution in [0.4, 0.5) is 0 Å². The highest BCUT2D eigenvalue weighted by atomic mass is 16.6. The molecule has 10 aliphatic heterocycles. The molecule has 2 aromatic rings. The smallest absolute Gasteiger partial charge is 0.107 e. The molecule has 1 unspecified atom stereocenters. The molecule has 10 heterocycles. The lowest BCUT2D eigenvalue weighted by molar-refractivity contribution is -0.313. The van der Waals surface area contributed by atoms with E-state index in [4.69, 9.17) is 56.8 Å². The van der Waals surface area contributed by atoms with Crippen LogP contribution in [0.2, 0.25) is 0 Å². The van der Waals surface area contributed by atoms with Gasteiger partial charge in [-0.15, -0.1) is 0 Å². The minimum atomic E-state index is -0.756. The third-order valence-corrected chi connectivity index (χ3v) is 18.2. The standard InChI is InChI=1S/C55H76O14/c1-53-18-14-35-40(22-34(57)49(29-56)63-35)64-50(53)27-44-47(68-53)24-42-37(60-44)16-20-55(3)52(66-42)28-45-48(69-55)25-41-36(61-45)15-19-54(2)51(65-41)26-43-46(67-54)23-39(59-31-33-12-8-5-9-13-33)38(62-43)17-21-58-30-32-10-6-4-7-11-32/h4-13,34-52,56-57H,14-31H2,1-3H3/t34-,35-,36-,37-,38-,39+,40+,41+,42+,43+,44+,45+,46-,47-,48-,49+,50-,51-,52-,53+,54+,55?/m0/s1. The van der Waals surface area contributed by atoms with Gasteiger partial charge in [-0.3, -0.25) is 0 Å². The number of fused-ring (bicyclic) bond motifs is 9. The van der Waals surface area contributed by atoms with Crippen LogP contribution in [0, 0.1) is 0 Å². The first-order valence-corrected chi connectivity index (χ1v) is 26.7. The van der Waals surface area contributed by atoms with Crippen molar-refractivity contribution in [3.05, 3.63) is 71.8 Å². The summed E-state index contributed by atoms with van der Waals surface area (Å²) in [7, 11) is 0. The van der Waals surface area contributed by atoms with E-state index in [-0.39, 0.29) is 110 Å². The minimum Gasteiger partial charge on any atom is -0.394 e. The number of aliphatic hydroxyl groups is 2. The Kier molecular flexibility index (Phi) is 13.6. The fourth-order valence-corrected chi connectivity index (χ4v) is 14.1. The molecule has 2 N–H and O–H groups in total. The molecule has 10 saturated heterocycles. The van der Waals surface area contributed by atoms with Crippen molar-refractivity contribution in [3.63, 3.8) is 0 Å². The van der Waals surface area contributed by atoms with E-state index in [2.05, 4.69) is 57.2 Å². The Morgan fingerprint density at radius 3 is 1.43 bits per heavy atom. The van der Waals surface area contributed by atoms with Crippen molar-refractivity contribution >= 4 is 0 Å². The van der Waals surface area contributed by atoms with Gasteiger partial charge in [-0.25, -0.2) is 0 Å². The highest BCUT2D eigenvalue weighted by Crippen LogP contribution is 2.51. The average Bonchev–Trinajstić information content (AvgIpc) is 3.65. The number of aliphatic hydroxyl groups excluding tert-OH is 2. The molecule has 380 valence electrons. The molecule has 22 atom stereocenters. The summed E-state index contributed by atoms with van der Waals surface area (Å²) in [6, 6.07) is 20.7. The van der Waals surface area contributed by atoms with Gasteiger partial charge >= 0.3 is 0 Å². The van der Waals surface area contributed by atoms with E-state index in [0.717, 1.165) is 94.6 Å². The topological polar surface area (TPSA) is 151 Å². The number of benzene rings is 2.